The predicted octanol–water partition coefficient (Wildman–Crippen LogP) is 0.669. The lowest BCUT2D eigenvalue weighted by Gasteiger charge is -2.22. The van der Waals surface area contributed by atoms with Crippen molar-refractivity contribution in [3.05, 3.63) is 15.8 Å². The molecule has 9 nitrogen and oxygen atoms in total. The van der Waals surface area contributed by atoms with Gasteiger partial charge in [-0.2, -0.15) is 5.10 Å². The summed E-state index contributed by atoms with van der Waals surface area (Å²) in [5.41, 5.74) is 0.231. The summed E-state index contributed by atoms with van der Waals surface area (Å²) < 4.78 is 1.36. The van der Waals surface area contributed by atoms with Crippen molar-refractivity contribution in [1.82, 2.24) is 15.1 Å². The zero-order chi connectivity index (χ0) is 15.7. The number of nitro groups is 1. The first-order chi connectivity index (χ1) is 9.81. The van der Waals surface area contributed by atoms with Crippen molar-refractivity contribution in [3.63, 3.8) is 0 Å². The van der Waals surface area contributed by atoms with E-state index >= 15 is 0 Å². The Morgan fingerprint density at radius 2 is 2.14 bits per heavy atom. The molecule has 2 rings (SSSR count). The van der Waals surface area contributed by atoms with Gasteiger partial charge < -0.3 is 5.32 Å². The van der Waals surface area contributed by atoms with Crippen molar-refractivity contribution < 1.29 is 14.5 Å². The fraction of sp³-hybridized carbons (Fsp3) is 0.583. The van der Waals surface area contributed by atoms with Crippen molar-refractivity contribution in [2.75, 3.05) is 5.32 Å². The molecule has 2 amide bonds. The number of rotatable bonds is 4. The van der Waals surface area contributed by atoms with Crippen LogP contribution in [-0.2, 0) is 16.6 Å². The fourth-order valence-corrected chi connectivity index (χ4v) is 2.26. The number of piperidine rings is 1. The van der Waals surface area contributed by atoms with E-state index in [2.05, 4.69) is 15.7 Å². The Hall–Kier alpha value is -2.45. The maximum Gasteiger partial charge on any atom is 0.334 e. The molecule has 1 saturated heterocycles. The van der Waals surface area contributed by atoms with E-state index in [4.69, 9.17) is 0 Å². The second-order valence-corrected chi connectivity index (χ2v) is 5.27. The molecule has 0 aliphatic carbocycles. The number of imide groups is 1. The number of anilines is 1. The Bertz CT molecular complexity index is 607. The highest BCUT2D eigenvalue weighted by Gasteiger charge is 2.33. The molecule has 21 heavy (non-hydrogen) atoms. The van der Waals surface area contributed by atoms with E-state index in [1.165, 1.54) is 4.68 Å². The molecule has 1 aromatic heterocycles. The lowest BCUT2D eigenvalue weighted by Crippen LogP contribution is -2.47. The molecule has 2 N–H and O–H groups in total. The molecule has 114 valence electrons. The van der Waals surface area contributed by atoms with Crippen LogP contribution in [0.4, 0.5) is 11.5 Å². The monoisotopic (exact) mass is 295 g/mol. The number of aromatic nitrogens is 2. The van der Waals surface area contributed by atoms with Crippen LogP contribution in [0.5, 0.6) is 0 Å². The number of aryl methyl sites for hydroxylation is 1. The number of carbonyl (C=O) groups is 2. The zero-order valence-corrected chi connectivity index (χ0v) is 12.0. The van der Waals surface area contributed by atoms with Gasteiger partial charge in [0.1, 0.15) is 11.7 Å². The average Bonchev–Trinajstić information content (AvgIpc) is 2.70. The van der Waals surface area contributed by atoms with E-state index in [-0.39, 0.29) is 29.8 Å². The van der Waals surface area contributed by atoms with Gasteiger partial charge >= 0.3 is 5.69 Å². The van der Waals surface area contributed by atoms with Gasteiger partial charge in [-0.05, 0) is 6.42 Å². The number of amides is 2. The van der Waals surface area contributed by atoms with E-state index in [1.807, 2.05) is 13.8 Å². The van der Waals surface area contributed by atoms with Gasteiger partial charge in [-0.3, -0.25) is 25.0 Å². The van der Waals surface area contributed by atoms with Gasteiger partial charge in [-0.1, -0.05) is 13.8 Å². The van der Waals surface area contributed by atoms with Gasteiger partial charge in [-0.25, -0.2) is 4.68 Å². The molecular weight excluding hydrogens is 278 g/mol. The lowest BCUT2D eigenvalue weighted by molar-refractivity contribution is -0.384. The zero-order valence-electron chi connectivity index (χ0n) is 12.0. The minimum absolute atomic E-state index is 0.117. The van der Waals surface area contributed by atoms with Gasteiger partial charge in [0.2, 0.25) is 17.6 Å². The first kappa shape index (κ1) is 14.9. The van der Waals surface area contributed by atoms with Gasteiger partial charge in [0.15, 0.2) is 0 Å². The Kier molecular flexibility index (Phi) is 3.92. The highest BCUT2D eigenvalue weighted by Crippen LogP contribution is 2.33. The maximum absolute atomic E-state index is 11.7. The molecule has 1 aliphatic heterocycles. The minimum atomic E-state index is -0.684. The molecule has 1 atom stereocenters. The van der Waals surface area contributed by atoms with Crippen LogP contribution in [0.2, 0.25) is 0 Å². The number of hydrogen-bond donors (Lipinski definition) is 2. The number of nitrogens with zero attached hydrogens (tertiary/aromatic N) is 3. The fourth-order valence-electron chi connectivity index (χ4n) is 2.26. The summed E-state index contributed by atoms with van der Waals surface area (Å²) >= 11 is 0. The van der Waals surface area contributed by atoms with E-state index in [9.17, 15) is 19.7 Å². The molecule has 0 saturated carbocycles. The number of carbonyl (C=O) groups excluding carboxylic acids is 2. The van der Waals surface area contributed by atoms with Crippen LogP contribution >= 0.6 is 0 Å². The quantitative estimate of drug-likeness (QED) is 0.478. The van der Waals surface area contributed by atoms with Crippen molar-refractivity contribution in [2.45, 2.75) is 38.6 Å². The summed E-state index contributed by atoms with van der Waals surface area (Å²) in [6.07, 6.45) is 0.496. The predicted molar refractivity (Wildman–Crippen MR) is 73.7 cm³/mol. The molecular formula is C12H17N5O4. The van der Waals surface area contributed by atoms with Gasteiger partial charge in [-0.15, -0.1) is 0 Å². The third kappa shape index (κ3) is 2.86. The third-order valence-corrected chi connectivity index (χ3v) is 3.33. The Labute approximate surface area is 120 Å². The van der Waals surface area contributed by atoms with Crippen LogP contribution in [-0.4, -0.2) is 32.6 Å². The lowest BCUT2D eigenvalue weighted by atomic mass is 10.1. The molecule has 1 unspecified atom stereocenters. The van der Waals surface area contributed by atoms with Crippen molar-refractivity contribution in [1.29, 1.82) is 0 Å². The van der Waals surface area contributed by atoms with Crippen LogP contribution in [0.15, 0.2) is 0 Å². The van der Waals surface area contributed by atoms with E-state index in [0.29, 0.717) is 12.1 Å². The molecule has 2 heterocycles. The molecule has 1 fully saturated rings. The van der Waals surface area contributed by atoms with Crippen molar-refractivity contribution >= 4 is 23.3 Å². The summed E-state index contributed by atoms with van der Waals surface area (Å²) in [5.74, 6) is -0.750. The Balaban J connectivity index is 2.33. The van der Waals surface area contributed by atoms with Crippen LogP contribution < -0.4 is 10.6 Å². The van der Waals surface area contributed by atoms with Crippen LogP contribution in [0.25, 0.3) is 0 Å². The maximum atomic E-state index is 11.7. The topological polar surface area (TPSA) is 119 Å². The molecule has 0 aromatic carbocycles. The molecule has 1 aromatic rings. The minimum Gasteiger partial charge on any atom is -0.353 e. The summed E-state index contributed by atoms with van der Waals surface area (Å²) in [6, 6.07) is -0.684. The van der Waals surface area contributed by atoms with Crippen molar-refractivity contribution in [3.8, 4) is 0 Å². The summed E-state index contributed by atoms with van der Waals surface area (Å²) in [7, 11) is 1.58. The van der Waals surface area contributed by atoms with Gasteiger partial charge in [0.05, 0.1) is 4.92 Å². The molecule has 1 aliphatic rings. The smallest absolute Gasteiger partial charge is 0.334 e. The van der Waals surface area contributed by atoms with Crippen LogP contribution in [0.1, 0.15) is 38.3 Å². The highest BCUT2D eigenvalue weighted by molar-refractivity contribution is 6.01. The second kappa shape index (κ2) is 5.51. The largest absolute Gasteiger partial charge is 0.353 e. The SMILES string of the molecule is CC(C)c1nn(C)c(NC2CCC(=O)NC2=O)c1[N+](=O)[O-]. The van der Waals surface area contributed by atoms with Gasteiger partial charge in [0.25, 0.3) is 0 Å². The van der Waals surface area contributed by atoms with E-state index < -0.39 is 16.9 Å². The normalized spacial score (nSPS) is 18.8. The second-order valence-electron chi connectivity index (χ2n) is 5.27. The molecule has 0 spiro atoms. The molecule has 0 bridgehead atoms. The highest BCUT2D eigenvalue weighted by atomic mass is 16.6. The molecule has 9 heteroatoms. The van der Waals surface area contributed by atoms with E-state index in [1.54, 1.807) is 7.05 Å². The first-order valence-electron chi connectivity index (χ1n) is 6.62. The first-order valence-corrected chi connectivity index (χ1v) is 6.62. The van der Waals surface area contributed by atoms with Crippen LogP contribution in [0.3, 0.4) is 0 Å². The van der Waals surface area contributed by atoms with Crippen molar-refractivity contribution in [2.24, 2.45) is 7.05 Å². The molecule has 0 radical (unpaired) electrons. The van der Waals surface area contributed by atoms with Crippen LogP contribution in [0, 0.1) is 10.1 Å². The summed E-state index contributed by atoms with van der Waals surface area (Å²) in [6.45, 7) is 3.62. The third-order valence-electron chi connectivity index (χ3n) is 3.33. The number of hydrogen-bond acceptors (Lipinski definition) is 6. The number of nitrogens with one attached hydrogen (secondary N) is 2. The summed E-state index contributed by atoms with van der Waals surface area (Å²) in [5, 5.41) is 20.5. The standard InChI is InChI=1S/C12H17N5O4/c1-6(2)9-10(17(20)21)11(16(3)15-9)13-7-4-5-8(18)14-12(7)19/h6-7,13H,4-5H2,1-3H3,(H,14,18,19). The Morgan fingerprint density at radius 3 is 2.67 bits per heavy atom. The average molecular weight is 295 g/mol. The Morgan fingerprint density at radius 1 is 1.48 bits per heavy atom. The van der Waals surface area contributed by atoms with Gasteiger partial charge in [0, 0.05) is 19.4 Å². The van der Waals surface area contributed by atoms with E-state index in [0.717, 1.165) is 0 Å². The summed E-state index contributed by atoms with van der Waals surface area (Å²) in [4.78, 5) is 33.7.